The first-order valence-electron chi connectivity index (χ1n) is 8.32. The van der Waals surface area contributed by atoms with E-state index in [0.717, 1.165) is 0 Å². The van der Waals surface area contributed by atoms with Gasteiger partial charge in [-0.2, -0.15) is 0 Å². The van der Waals surface area contributed by atoms with Crippen molar-refractivity contribution in [2.24, 2.45) is 0 Å². The molecule has 0 atom stereocenters. The molecule has 0 aromatic heterocycles. The molecule has 160 valence electrons. The van der Waals surface area contributed by atoms with E-state index in [4.69, 9.17) is 21.4 Å². The monoisotopic (exact) mass is 444 g/mol. The predicted molar refractivity (Wildman–Crippen MR) is 128 cm³/mol. The van der Waals surface area contributed by atoms with E-state index in [0.29, 0.717) is 11.1 Å². The van der Waals surface area contributed by atoms with Gasteiger partial charge in [0.15, 0.2) is 6.61 Å². The average molecular weight is 445 g/mol. The highest BCUT2D eigenvalue weighted by molar-refractivity contribution is 6.84. The van der Waals surface area contributed by atoms with Crippen LogP contribution in [0, 0.1) is 22.9 Å². The molecular weight excluding hydrogens is 408 g/mol. The van der Waals surface area contributed by atoms with Gasteiger partial charge >= 0.3 is 5.97 Å². The summed E-state index contributed by atoms with van der Waals surface area (Å²) in [5, 5.41) is 7.82. The van der Waals surface area contributed by atoms with E-state index < -0.39 is 21.4 Å². The summed E-state index contributed by atoms with van der Waals surface area (Å²) in [6, 6.07) is 0. The van der Waals surface area contributed by atoms with Gasteiger partial charge in [0.1, 0.15) is 22.8 Å². The van der Waals surface area contributed by atoms with Crippen molar-refractivity contribution in [1.82, 2.24) is 0 Å². The number of carbonyl (C=O) groups is 2. The Morgan fingerprint density at radius 3 is 1.50 bits per heavy atom. The van der Waals surface area contributed by atoms with Gasteiger partial charge in [-0.05, 0) is 25.4 Å². The molecule has 0 aromatic rings. The smallest absolute Gasteiger partial charge is 0.334 e. The number of carbonyl (C=O) groups excluding carboxylic acids is 2. The fourth-order valence-corrected chi connectivity index (χ4v) is 2.04. The summed E-state index contributed by atoms with van der Waals surface area (Å²) in [5.41, 5.74) is 6.91. The molecule has 4 nitrogen and oxygen atoms in total. The number of hydrogen-bond acceptors (Lipinski definition) is 4. The van der Waals surface area contributed by atoms with Crippen LogP contribution in [0.4, 0.5) is 0 Å². The lowest BCUT2D eigenvalue weighted by atomic mass is 10.4. The molecule has 0 fully saturated rings. The van der Waals surface area contributed by atoms with Gasteiger partial charge in [-0.15, -0.1) is 11.1 Å². The van der Waals surface area contributed by atoms with Gasteiger partial charge in [0.25, 0.3) is 0 Å². The molecule has 0 aliphatic rings. The van der Waals surface area contributed by atoms with E-state index in [2.05, 4.69) is 75.4 Å². The normalized spacial score (nSPS) is 9.07. The second-order valence-corrected chi connectivity index (χ2v) is 17.5. The molecule has 0 radical (unpaired) electrons. The van der Waals surface area contributed by atoms with Gasteiger partial charge in [0, 0.05) is 11.1 Å². The van der Waals surface area contributed by atoms with E-state index in [1.54, 1.807) is 13.8 Å². The van der Waals surface area contributed by atoms with Gasteiger partial charge in [0.2, 0.25) is 5.24 Å². The summed E-state index contributed by atoms with van der Waals surface area (Å²) in [6.45, 7) is 23.0. The lowest BCUT2D eigenvalue weighted by Crippen LogP contribution is -2.17. The number of hydrogen-bond donors (Lipinski definition) is 1. The van der Waals surface area contributed by atoms with Crippen LogP contribution in [0.15, 0.2) is 24.3 Å². The molecule has 0 saturated heterocycles. The van der Waals surface area contributed by atoms with E-state index in [9.17, 15) is 9.59 Å². The third-order valence-corrected chi connectivity index (χ3v) is 4.14. The Morgan fingerprint density at radius 2 is 1.29 bits per heavy atom. The Labute approximate surface area is 179 Å². The molecule has 0 amide bonds. The molecular formula is C21H37ClO4Si2. The van der Waals surface area contributed by atoms with E-state index in [1.165, 1.54) is 0 Å². The minimum Gasteiger partial charge on any atom is -0.449 e. The molecule has 0 aliphatic heterocycles. The van der Waals surface area contributed by atoms with Crippen LogP contribution in [-0.2, 0) is 14.3 Å². The Kier molecular flexibility index (Phi) is 21.3. The second kappa shape index (κ2) is 17.5. The van der Waals surface area contributed by atoms with Crippen molar-refractivity contribution in [3.05, 3.63) is 24.3 Å². The topological polar surface area (TPSA) is 63.6 Å². The summed E-state index contributed by atoms with van der Waals surface area (Å²) in [5.74, 6) is 5.12. The summed E-state index contributed by atoms with van der Waals surface area (Å²) < 4.78 is 4.81. The molecule has 0 rings (SSSR count). The van der Waals surface area contributed by atoms with Gasteiger partial charge in [-0.25, -0.2) is 4.79 Å². The average Bonchev–Trinajstić information content (AvgIpc) is 2.48. The summed E-state index contributed by atoms with van der Waals surface area (Å²) in [4.78, 5) is 20.7. The van der Waals surface area contributed by atoms with E-state index >= 15 is 0 Å². The maximum Gasteiger partial charge on any atom is 0.334 e. The van der Waals surface area contributed by atoms with Crippen molar-refractivity contribution in [1.29, 1.82) is 0 Å². The Bertz CT molecular complexity index is 622. The van der Waals surface area contributed by atoms with Gasteiger partial charge in [-0.1, -0.05) is 71.7 Å². The maximum absolute atomic E-state index is 10.9. The van der Waals surface area contributed by atoms with Crippen LogP contribution in [0.1, 0.15) is 21.3 Å². The number of rotatable bonds is 3. The zero-order valence-electron chi connectivity index (χ0n) is 17.9. The molecule has 0 heterocycles. The van der Waals surface area contributed by atoms with Gasteiger partial charge < -0.3 is 9.84 Å². The highest BCUT2D eigenvalue weighted by Gasteiger charge is 2.07. The minimum atomic E-state index is -1.33. The molecule has 28 heavy (non-hydrogen) atoms. The molecule has 7 heteroatoms. The van der Waals surface area contributed by atoms with Crippen molar-refractivity contribution in [3.8, 4) is 22.9 Å². The Balaban J connectivity index is -0.000000165. The number of aliphatic hydroxyl groups excluding tert-OH is 1. The highest BCUT2D eigenvalue weighted by atomic mass is 35.5. The minimum absolute atomic E-state index is 0. The number of halogens is 1. The standard InChI is InChI=1S/C10H16O2Si.C6H12OSi.C4H5ClO.CH4/c1-9(2)10(11)12-7-6-8-13(3,4)5;1-8(2,3)6-4-5-7;1-3(2)4(5)6;/h1,7H2,2-5H3;7H,5H2,1-3H3;1H2,2H3;1H4. The second-order valence-electron chi connectivity index (χ2n) is 7.67. The predicted octanol–water partition coefficient (Wildman–Crippen LogP) is 4.81. The van der Waals surface area contributed by atoms with Crippen molar-refractivity contribution in [2.75, 3.05) is 13.2 Å². The van der Waals surface area contributed by atoms with Crippen LogP contribution in [0.25, 0.3) is 0 Å². The van der Waals surface area contributed by atoms with Crippen molar-refractivity contribution in [3.63, 3.8) is 0 Å². The van der Waals surface area contributed by atoms with Crippen LogP contribution < -0.4 is 0 Å². The van der Waals surface area contributed by atoms with Crippen LogP contribution in [-0.4, -0.2) is 45.7 Å². The first kappa shape index (κ1) is 34.0. The zero-order valence-corrected chi connectivity index (χ0v) is 20.6. The number of aliphatic hydroxyl groups is 1. The summed E-state index contributed by atoms with van der Waals surface area (Å²) >= 11 is 4.87. The fraction of sp³-hybridized carbons (Fsp3) is 0.524. The SMILES string of the molecule is C.C=C(C)C(=O)Cl.C=C(C)C(=O)OCC#C[Si](C)(C)C.C[Si](C)(C)C#CCO. The highest BCUT2D eigenvalue weighted by Crippen LogP contribution is 1.97. The Hall–Kier alpha value is -1.58. The number of allylic oxidation sites excluding steroid dienone is 1. The van der Waals surface area contributed by atoms with Crippen LogP contribution in [0.2, 0.25) is 39.3 Å². The number of esters is 1. The van der Waals surface area contributed by atoms with Crippen molar-refractivity contribution in [2.45, 2.75) is 60.6 Å². The third-order valence-electron chi connectivity index (χ3n) is 1.97. The Morgan fingerprint density at radius 1 is 0.929 bits per heavy atom. The first-order valence-corrected chi connectivity index (χ1v) is 15.7. The van der Waals surface area contributed by atoms with Crippen molar-refractivity contribution >= 4 is 39.0 Å². The molecule has 0 saturated carbocycles. The quantitative estimate of drug-likeness (QED) is 0.223. The first-order chi connectivity index (χ1) is 12.0. The largest absolute Gasteiger partial charge is 0.449 e. The van der Waals surface area contributed by atoms with Crippen LogP contribution in [0.3, 0.4) is 0 Å². The lowest BCUT2D eigenvalue weighted by molar-refractivity contribution is -0.137. The summed E-state index contributed by atoms with van der Waals surface area (Å²) in [6.07, 6.45) is 0. The summed E-state index contributed by atoms with van der Waals surface area (Å²) in [7, 11) is -2.53. The molecule has 0 spiro atoms. The third kappa shape index (κ3) is 35.5. The molecule has 0 aliphatic carbocycles. The maximum atomic E-state index is 10.9. The molecule has 0 aromatic carbocycles. The van der Waals surface area contributed by atoms with E-state index in [-0.39, 0.29) is 26.6 Å². The fourth-order valence-electron chi connectivity index (χ4n) is 0.831. The van der Waals surface area contributed by atoms with Crippen LogP contribution in [0.5, 0.6) is 0 Å². The molecule has 1 N–H and O–H groups in total. The van der Waals surface area contributed by atoms with Gasteiger partial charge in [-0.3, -0.25) is 4.79 Å². The lowest BCUT2D eigenvalue weighted by Gasteiger charge is -2.03. The molecule has 0 bridgehead atoms. The van der Waals surface area contributed by atoms with E-state index in [1.807, 2.05) is 0 Å². The number of ether oxygens (including phenoxy) is 1. The zero-order chi connectivity index (χ0) is 22.3. The van der Waals surface area contributed by atoms with Crippen LogP contribution >= 0.6 is 11.6 Å². The van der Waals surface area contributed by atoms with Gasteiger partial charge in [0.05, 0.1) is 0 Å². The molecule has 0 unspecified atom stereocenters. The van der Waals surface area contributed by atoms with Crippen molar-refractivity contribution < 1.29 is 19.4 Å².